The molecule has 1 aliphatic heterocycles. The maximum atomic E-state index is 5.11. The van der Waals surface area contributed by atoms with E-state index >= 15 is 0 Å². The molecule has 5 heteroatoms. The molecule has 1 saturated heterocycles. The van der Waals surface area contributed by atoms with E-state index < -0.39 is 0 Å². The van der Waals surface area contributed by atoms with Crippen LogP contribution in [0.25, 0.3) is 0 Å². The van der Waals surface area contributed by atoms with Crippen LogP contribution in [0.3, 0.4) is 0 Å². The van der Waals surface area contributed by atoms with Crippen molar-refractivity contribution < 1.29 is 9.05 Å². The van der Waals surface area contributed by atoms with Gasteiger partial charge in [-0.05, 0) is 0 Å². The second-order valence-electron chi connectivity index (χ2n) is 1.74. The molecular formula is C4H7Br2O2P. The van der Waals surface area contributed by atoms with Gasteiger partial charge in [-0.3, -0.25) is 0 Å². The summed E-state index contributed by atoms with van der Waals surface area (Å²) in [4.78, 5) is 0.764. The summed E-state index contributed by atoms with van der Waals surface area (Å²) in [7, 11) is 0.207. The largest absolute Gasteiger partial charge is 0.335 e. The van der Waals surface area contributed by atoms with Crippen LogP contribution in [0.15, 0.2) is 0 Å². The predicted molar refractivity (Wildman–Crippen MR) is 45.6 cm³/mol. The average Bonchev–Trinajstić information content (AvgIpc) is 1.99. The van der Waals surface area contributed by atoms with Crippen molar-refractivity contribution >= 4 is 40.9 Å². The Kier molecular flexibility index (Phi) is 3.96. The minimum Gasteiger partial charge on any atom is -0.335 e. The topological polar surface area (TPSA) is 18.5 Å². The standard InChI is InChI=1S/C4H7Br2O2P/c5-3-1-7-9-8-2-4(3)6/h3-4,9H,1-2H2. The monoisotopic (exact) mass is 276 g/mol. The number of alkyl halides is 2. The molecule has 1 heterocycles. The van der Waals surface area contributed by atoms with Crippen molar-refractivity contribution in [1.82, 2.24) is 0 Å². The smallest absolute Gasteiger partial charge is 0.155 e. The molecule has 0 radical (unpaired) electrons. The third kappa shape index (κ3) is 2.81. The summed E-state index contributed by atoms with van der Waals surface area (Å²) < 4.78 is 10.2. The lowest BCUT2D eigenvalue weighted by Crippen LogP contribution is -2.19. The number of hydrogen-bond donors (Lipinski definition) is 0. The highest BCUT2D eigenvalue weighted by atomic mass is 79.9. The molecule has 0 saturated carbocycles. The van der Waals surface area contributed by atoms with Crippen molar-refractivity contribution in [2.24, 2.45) is 0 Å². The van der Waals surface area contributed by atoms with Crippen LogP contribution in [0.1, 0.15) is 0 Å². The van der Waals surface area contributed by atoms with Crippen molar-refractivity contribution in [3.63, 3.8) is 0 Å². The first-order valence-corrected chi connectivity index (χ1v) is 5.22. The molecule has 0 amide bonds. The van der Waals surface area contributed by atoms with Crippen molar-refractivity contribution in [2.45, 2.75) is 9.65 Å². The van der Waals surface area contributed by atoms with Crippen molar-refractivity contribution in [2.75, 3.05) is 13.2 Å². The second kappa shape index (κ2) is 4.24. The molecule has 1 aliphatic rings. The van der Waals surface area contributed by atoms with Crippen LogP contribution in [0, 0.1) is 0 Å². The zero-order valence-electron chi connectivity index (χ0n) is 4.64. The third-order valence-corrected chi connectivity index (χ3v) is 4.08. The summed E-state index contributed by atoms with van der Waals surface area (Å²) in [6, 6.07) is 0. The Balaban J connectivity index is 2.32. The molecule has 0 aromatic carbocycles. The Morgan fingerprint density at radius 1 is 1.11 bits per heavy atom. The van der Waals surface area contributed by atoms with Gasteiger partial charge in [0.25, 0.3) is 0 Å². The van der Waals surface area contributed by atoms with Crippen molar-refractivity contribution in [1.29, 1.82) is 0 Å². The molecule has 0 aromatic rings. The highest BCUT2D eigenvalue weighted by Crippen LogP contribution is 2.26. The Hall–Kier alpha value is 1.31. The van der Waals surface area contributed by atoms with Gasteiger partial charge in [0.2, 0.25) is 0 Å². The quantitative estimate of drug-likeness (QED) is 0.499. The molecule has 0 aliphatic carbocycles. The first-order chi connectivity index (χ1) is 4.30. The molecule has 2 unspecified atom stereocenters. The van der Waals surface area contributed by atoms with Gasteiger partial charge >= 0.3 is 0 Å². The normalized spacial score (nSPS) is 40.7. The van der Waals surface area contributed by atoms with Gasteiger partial charge in [0.15, 0.2) is 9.03 Å². The highest BCUT2D eigenvalue weighted by molar-refractivity contribution is 9.12. The molecule has 2 nitrogen and oxygen atoms in total. The zero-order valence-corrected chi connectivity index (χ0v) is 8.81. The summed E-state index contributed by atoms with van der Waals surface area (Å²) in [6.07, 6.45) is 0. The zero-order chi connectivity index (χ0) is 6.69. The van der Waals surface area contributed by atoms with Crippen LogP contribution in [0.4, 0.5) is 0 Å². The molecule has 9 heavy (non-hydrogen) atoms. The number of halogens is 2. The lowest BCUT2D eigenvalue weighted by Gasteiger charge is -2.08. The van der Waals surface area contributed by atoms with E-state index in [1.807, 2.05) is 0 Å². The summed E-state index contributed by atoms with van der Waals surface area (Å²) in [6.45, 7) is 1.46. The van der Waals surface area contributed by atoms with E-state index in [4.69, 9.17) is 9.05 Å². The van der Waals surface area contributed by atoms with Gasteiger partial charge in [-0.1, -0.05) is 31.9 Å². The summed E-state index contributed by atoms with van der Waals surface area (Å²) in [5.41, 5.74) is 0. The third-order valence-electron chi connectivity index (χ3n) is 0.995. The molecule has 54 valence electrons. The fraction of sp³-hybridized carbons (Fsp3) is 1.00. The first kappa shape index (κ1) is 8.41. The minimum atomic E-state index is 0.207. The summed E-state index contributed by atoms with van der Waals surface area (Å²) >= 11 is 6.91. The van der Waals surface area contributed by atoms with Gasteiger partial charge in [-0.25, -0.2) is 0 Å². The average molecular weight is 278 g/mol. The Morgan fingerprint density at radius 3 is 2.00 bits per heavy atom. The predicted octanol–water partition coefficient (Wildman–Crippen LogP) is 2.07. The van der Waals surface area contributed by atoms with Crippen LogP contribution >= 0.6 is 40.9 Å². The van der Waals surface area contributed by atoms with Crippen LogP contribution < -0.4 is 0 Å². The fourth-order valence-corrected chi connectivity index (χ4v) is 2.11. The first-order valence-electron chi connectivity index (χ1n) is 2.57. The van der Waals surface area contributed by atoms with Crippen LogP contribution in [-0.2, 0) is 9.05 Å². The van der Waals surface area contributed by atoms with E-state index in [0.717, 1.165) is 13.2 Å². The molecular weight excluding hydrogens is 271 g/mol. The summed E-state index contributed by atoms with van der Waals surface area (Å²) in [5, 5.41) is 0. The number of hydrogen-bond acceptors (Lipinski definition) is 2. The molecule has 1 rings (SSSR count). The van der Waals surface area contributed by atoms with E-state index in [1.54, 1.807) is 0 Å². The van der Waals surface area contributed by atoms with E-state index in [1.165, 1.54) is 0 Å². The lowest BCUT2D eigenvalue weighted by molar-refractivity contribution is 0.315. The highest BCUT2D eigenvalue weighted by Gasteiger charge is 2.18. The molecule has 2 atom stereocenters. The van der Waals surface area contributed by atoms with Gasteiger partial charge in [0.05, 0.1) is 22.9 Å². The summed E-state index contributed by atoms with van der Waals surface area (Å²) in [5.74, 6) is 0. The number of rotatable bonds is 0. The Bertz CT molecular complexity index is 82.6. The maximum Gasteiger partial charge on any atom is 0.155 e. The van der Waals surface area contributed by atoms with Crippen molar-refractivity contribution in [3.05, 3.63) is 0 Å². The van der Waals surface area contributed by atoms with E-state index in [0.29, 0.717) is 9.65 Å². The van der Waals surface area contributed by atoms with Crippen LogP contribution in [0.2, 0.25) is 0 Å². The SMILES string of the molecule is BrC1COPOCC1Br. The van der Waals surface area contributed by atoms with Gasteiger partial charge in [-0.15, -0.1) is 0 Å². The van der Waals surface area contributed by atoms with Crippen LogP contribution in [-0.4, -0.2) is 22.9 Å². The Morgan fingerprint density at radius 2 is 1.56 bits per heavy atom. The minimum absolute atomic E-state index is 0.207. The van der Waals surface area contributed by atoms with E-state index in [9.17, 15) is 0 Å². The van der Waals surface area contributed by atoms with E-state index in [-0.39, 0.29) is 9.03 Å². The molecule has 0 bridgehead atoms. The lowest BCUT2D eigenvalue weighted by atomic mass is 10.3. The van der Waals surface area contributed by atoms with Gasteiger partial charge in [0.1, 0.15) is 0 Å². The second-order valence-corrected chi connectivity index (χ2v) is 4.83. The molecule has 0 N–H and O–H groups in total. The van der Waals surface area contributed by atoms with Crippen molar-refractivity contribution in [3.8, 4) is 0 Å². The molecule has 0 spiro atoms. The van der Waals surface area contributed by atoms with Gasteiger partial charge < -0.3 is 9.05 Å². The fourth-order valence-electron chi connectivity index (χ4n) is 0.478. The van der Waals surface area contributed by atoms with Gasteiger partial charge in [0, 0.05) is 0 Å². The van der Waals surface area contributed by atoms with E-state index in [2.05, 4.69) is 31.9 Å². The maximum absolute atomic E-state index is 5.11. The molecule has 0 aromatic heterocycles. The van der Waals surface area contributed by atoms with Gasteiger partial charge in [-0.2, -0.15) is 0 Å². The van der Waals surface area contributed by atoms with Crippen LogP contribution in [0.5, 0.6) is 0 Å². The molecule has 1 fully saturated rings. The Labute approximate surface area is 72.9 Å².